The van der Waals surface area contributed by atoms with E-state index in [0.29, 0.717) is 58.5 Å². The number of rotatable bonds is 12. The zero-order valence-corrected chi connectivity index (χ0v) is 27.1. The van der Waals surface area contributed by atoms with Crippen molar-refractivity contribution in [2.24, 2.45) is 11.7 Å². The molecule has 13 heteroatoms. The summed E-state index contributed by atoms with van der Waals surface area (Å²) in [4.78, 5) is 55.1. The molecule has 3 atom stereocenters. The van der Waals surface area contributed by atoms with Crippen molar-refractivity contribution < 1.29 is 28.6 Å². The van der Waals surface area contributed by atoms with E-state index in [1.165, 1.54) is 38.5 Å². The summed E-state index contributed by atoms with van der Waals surface area (Å²) in [6.07, 6.45) is 1.71. The summed E-state index contributed by atoms with van der Waals surface area (Å²) < 4.78 is 17.1. The number of nitrogens with zero attached hydrogens (tertiary/aromatic N) is 1. The first kappa shape index (κ1) is 33.2. The first-order valence-electron chi connectivity index (χ1n) is 14.6. The van der Waals surface area contributed by atoms with Crippen molar-refractivity contribution in [3.05, 3.63) is 56.7 Å². The molecule has 0 bridgehead atoms. The number of carbonyl (C=O) groups is 3. The molecule has 240 valence electrons. The van der Waals surface area contributed by atoms with Crippen molar-refractivity contribution in [3.63, 3.8) is 0 Å². The van der Waals surface area contributed by atoms with Gasteiger partial charge in [-0.15, -0.1) is 11.3 Å². The average Bonchev–Trinajstić information content (AvgIpc) is 3.30. The number of amides is 3. The van der Waals surface area contributed by atoms with E-state index in [9.17, 15) is 19.2 Å². The molecule has 0 saturated heterocycles. The standard InChI is InChI=1S/C32H39N5O7S/c1-7-16(2)28(31(41)37-32-35-19(15-45-32)13-26(33)40)36-23-11-9-20-21(14-24(23)39)22(34-17(3)38)10-8-18-12-25(42-4)29(43-5)30(44-6)27(18)20/h9,11-12,14-16,22,28H,7-8,10,13H2,1-6H3,(H2,33,40)(H,34,38)(H,36,39)(H,35,37,41). The van der Waals surface area contributed by atoms with Gasteiger partial charge in [-0.05, 0) is 53.6 Å². The molecule has 3 aromatic rings. The number of fused-ring (bicyclic) bond motifs is 3. The molecule has 0 spiro atoms. The van der Waals surface area contributed by atoms with Crippen LogP contribution in [-0.2, 0) is 27.2 Å². The maximum Gasteiger partial charge on any atom is 0.248 e. The molecule has 4 rings (SSSR count). The molecule has 3 unspecified atom stereocenters. The van der Waals surface area contributed by atoms with Crippen LogP contribution in [0.2, 0.25) is 0 Å². The van der Waals surface area contributed by atoms with E-state index in [2.05, 4.69) is 20.9 Å². The number of hydrogen-bond acceptors (Lipinski definition) is 10. The van der Waals surface area contributed by atoms with Crippen molar-refractivity contribution >= 4 is 39.9 Å². The summed E-state index contributed by atoms with van der Waals surface area (Å²) in [5.74, 6) is 0.0638. The Morgan fingerprint density at radius 3 is 2.47 bits per heavy atom. The Kier molecular flexibility index (Phi) is 10.7. The molecule has 12 nitrogen and oxygen atoms in total. The van der Waals surface area contributed by atoms with Gasteiger partial charge in [-0.1, -0.05) is 26.3 Å². The van der Waals surface area contributed by atoms with Crippen molar-refractivity contribution in [1.82, 2.24) is 10.3 Å². The number of nitrogens with one attached hydrogen (secondary N) is 3. The Hall–Kier alpha value is -4.65. The van der Waals surface area contributed by atoms with E-state index in [1.54, 1.807) is 24.6 Å². The van der Waals surface area contributed by atoms with Crippen LogP contribution in [0.3, 0.4) is 0 Å². The second-order valence-electron chi connectivity index (χ2n) is 10.9. The monoisotopic (exact) mass is 637 g/mol. The summed E-state index contributed by atoms with van der Waals surface area (Å²) in [7, 11) is 4.61. The fourth-order valence-corrected chi connectivity index (χ4v) is 6.22. The fraction of sp³-hybridized carbons (Fsp3) is 0.406. The first-order valence-corrected chi connectivity index (χ1v) is 15.5. The van der Waals surface area contributed by atoms with Crippen LogP contribution in [0.5, 0.6) is 17.2 Å². The quantitative estimate of drug-likeness (QED) is 0.231. The Balaban J connectivity index is 1.81. The van der Waals surface area contributed by atoms with Crippen molar-refractivity contribution in [2.75, 3.05) is 32.0 Å². The fourth-order valence-electron chi connectivity index (χ4n) is 5.50. The lowest BCUT2D eigenvalue weighted by Crippen LogP contribution is -2.40. The van der Waals surface area contributed by atoms with Crippen LogP contribution < -0.4 is 41.3 Å². The zero-order chi connectivity index (χ0) is 32.8. The van der Waals surface area contributed by atoms with Gasteiger partial charge in [0.15, 0.2) is 16.6 Å². The van der Waals surface area contributed by atoms with Gasteiger partial charge in [0, 0.05) is 17.9 Å². The molecule has 1 heterocycles. The molecule has 0 aliphatic heterocycles. The Labute approximate surface area is 265 Å². The lowest BCUT2D eigenvalue weighted by Gasteiger charge is -2.23. The highest BCUT2D eigenvalue weighted by Crippen LogP contribution is 2.50. The average molecular weight is 638 g/mol. The number of aryl methyl sites for hydroxylation is 1. The highest BCUT2D eigenvalue weighted by molar-refractivity contribution is 7.14. The van der Waals surface area contributed by atoms with Gasteiger partial charge >= 0.3 is 0 Å². The van der Waals surface area contributed by atoms with Gasteiger partial charge in [-0.25, -0.2) is 4.98 Å². The van der Waals surface area contributed by atoms with Crippen LogP contribution in [-0.4, -0.2) is 50.1 Å². The van der Waals surface area contributed by atoms with Gasteiger partial charge in [0.25, 0.3) is 0 Å². The predicted octanol–water partition coefficient (Wildman–Crippen LogP) is 3.81. The van der Waals surface area contributed by atoms with Crippen LogP contribution in [0.25, 0.3) is 11.1 Å². The smallest absolute Gasteiger partial charge is 0.248 e. The lowest BCUT2D eigenvalue weighted by atomic mass is 9.95. The van der Waals surface area contributed by atoms with Crippen molar-refractivity contribution in [1.29, 1.82) is 0 Å². The van der Waals surface area contributed by atoms with Gasteiger partial charge in [0.2, 0.25) is 28.9 Å². The van der Waals surface area contributed by atoms with Crippen LogP contribution in [0.1, 0.15) is 56.5 Å². The van der Waals surface area contributed by atoms with Crippen molar-refractivity contribution in [3.8, 4) is 28.4 Å². The third-order valence-corrected chi connectivity index (χ3v) is 8.67. The maximum absolute atomic E-state index is 13.8. The number of thiazole rings is 1. The number of carbonyl (C=O) groups excluding carboxylic acids is 3. The number of methoxy groups -OCH3 is 3. The Bertz CT molecular complexity index is 1660. The van der Waals surface area contributed by atoms with Gasteiger partial charge in [-0.3, -0.25) is 19.2 Å². The molecule has 0 saturated carbocycles. The highest BCUT2D eigenvalue weighted by atomic mass is 32.1. The summed E-state index contributed by atoms with van der Waals surface area (Å²) in [5, 5.41) is 11.0. The molecular weight excluding hydrogens is 598 g/mol. The molecule has 5 N–H and O–H groups in total. The number of hydrogen-bond donors (Lipinski definition) is 4. The van der Waals surface area contributed by atoms with Crippen LogP contribution in [0.15, 0.2) is 34.4 Å². The largest absolute Gasteiger partial charge is 0.493 e. The van der Waals surface area contributed by atoms with Crippen LogP contribution in [0.4, 0.5) is 10.8 Å². The van der Waals surface area contributed by atoms with Gasteiger partial charge < -0.3 is 35.9 Å². The van der Waals surface area contributed by atoms with Gasteiger partial charge in [0.05, 0.1) is 45.2 Å². The molecule has 0 fully saturated rings. The normalized spacial score (nSPS) is 14.9. The molecule has 3 amide bonds. The maximum atomic E-state index is 13.8. The molecular formula is C32H39N5O7S. The molecule has 1 aromatic heterocycles. The van der Waals surface area contributed by atoms with E-state index in [4.69, 9.17) is 19.9 Å². The topological polar surface area (TPSA) is 171 Å². The van der Waals surface area contributed by atoms with E-state index < -0.39 is 18.0 Å². The number of primary amides is 1. The predicted molar refractivity (Wildman–Crippen MR) is 173 cm³/mol. The number of anilines is 2. The minimum atomic E-state index is -0.786. The molecule has 45 heavy (non-hydrogen) atoms. The SMILES string of the molecule is CCC(C)C(Nc1ccc2c(cc1=O)C(NC(C)=O)CCc1cc(OC)c(OC)c(OC)c1-2)C(=O)Nc1nc(CC(N)=O)cs1. The highest BCUT2D eigenvalue weighted by Gasteiger charge is 2.30. The summed E-state index contributed by atoms with van der Waals surface area (Å²) >= 11 is 1.18. The van der Waals surface area contributed by atoms with E-state index in [-0.39, 0.29) is 35.3 Å². The molecule has 2 aromatic carbocycles. The third kappa shape index (κ3) is 7.36. The van der Waals surface area contributed by atoms with Crippen LogP contribution in [0, 0.1) is 5.92 Å². The Morgan fingerprint density at radius 2 is 1.84 bits per heavy atom. The number of aromatic nitrogens is 1. The second-order valence-corrected chi connectivity index (χ2v) is 11.7. The zero-order valence-electron chi connectivity index (χ0n) is 26.2. The third-order valence-electron chi connectivity index (χ3n) is 7.86. The van der Waals surface area contributed by atoms with Crippen LogP contribution >= 0.6 is 11.3 Å². The number of benzene rings is 1. The van der Waals surface area contributed by atoms with E-state index in [1.807, 2.05) is 19.9 Å². The van der Waals surface area contributed by atoms with E-state index >= 15 is 0 Å². The summed E-state index contributed by atoms with van der Waals surface area (Å²) in [6, 6.07) is 5.59. The van der Waals surface area contributed by atoms with E-state index in [0.717, 1.165) is 11.1 Å². The minimum Gasteiger partial charge on any atom is -0.493 e. The van der Waals surface area contributed by atoms with Crippen molar-refractivity contribution in [2.45, 2.75) is 58.5 Å². The lowest BCUT2D eigenvalue weighted by molar-refractivity contribution is -0.120. The van der Waals surface area contributed by atoms with Gasteiger partial charge in [0.1, 0.15) is 6.04 Å². The summed E-state index contributed by atoms with van der Waals surface area (Å²) in [6.45, 7) is 5.30. The van der Waals surface area contributed by atoms with Gasteiger partial charge in [-0.2, -0.15) is 0 Å². The molecule has 1 aliphatic carbocycles. The summed E-state index contributed by atoms with van der Waals surface area (Å²) in [5.41, 5.74) is 8.51. The molecule has 1 aliphatic rings. The first-order chi connectivity index (χ1) is 21.5. The molecule has 0 radical (unpaired) electrons. The number of nitrogens with two attached hydrogens (primary N) is 1. The Morgan fingerprint density at radius 1 is 1.11 bits per heavy atom. The second kappa shape index (κ2) is 14.4. The minimum absolute atomic E-state index is 0.0316. The number of ether oxygens (including phenoxy) is 3.